The molecule has 0 radical (unpaired) electrons. The van der Waals surface area contributed by atoms with Gasteiger partial charge in [0, 0.05) is 43.8 Å². The smallest absolute Gasteiger partial charge is 0.231 e. The van der Waals surface area contributed by atoms with Gasteiger partial charge >= 0.3 is 0 Å². The van der Waals surface area contributed by atoms with Crippen molar-refractivity contribution in [3.8, 4) is 0 Å². The maximum atomic E-state index is 14.2. The third-order valence-corrected chi connectivity index (χ3v) is 9.17. The van der Waals surface area contributed by atoms with Crippen molar-refractivity contribution in [3.05, 3.63) is 53.0 Å². The second-order valence-electron chi connectivity index (χ2n) is 11.9. The first-order chi connectivity index (χ1) is 17.9. The molecule has 2 aliphatic carbocycles. The van der Waals surface area contributed by atoms with Crippen molar-refractivity contribution in [2.45, 2.75) is 88.8 Å². The van der Waals surface area contributed by atoms with Gasteiger partial charge in [0.1, 0.15) is 12.1 Å². The number of rotatable bonds is 6. The van der Waals surface area contributed by atoms with Gasteiger partial charge in [-0.05, 0) is 75.5 Å². The quantitative estimate of drug-likeness (QED) is 0.637. The molecule has 6 rings (SSSR count). The van der Waals surface area contributed by atoms with E-state index in [1.165, 1.54) is 24.0 Å². The van der Waals surface area contributed by atoms with Gasteiger partial charge in [-0.15, -0.1) is 0 Å². The Morgan fingerprint density at radius 1 is 1.00 bits per heavy atom. The lowest BCUT2D eigenvalue weighted by Gasteiger charge is -2.40. The summed E-state index contributed by atoms with van der Waals surface area (Å²) in [6.45, 7) is 10.6. The van der Waals surface area contributed by atoms with E-state index in [1.54, 1.807) is 6.33 Å². The highest BCUT2D eigenvalue weighted by Gasteiger charge is 2.41. The number of anilines is 1. The van der Waals surface area contributed by atoms with Gasteiger partial charge in [-0.25, -0.2) is 9.97 Å². The van der Waals surface area contributed by atoms with E-state index in [0.717, 1.165) is 55.5 Å². The number of aromatic nitrogens is 2. The van der Waals surface area contributed by atoms with Crippen LogP contribution in [0.5, 0.6) is 0 Å². The monoisotopic (exact) mass is 503 g/mol. The van der Waals surface area contributed by atoms with Crippen molar-refractivity contribution in [1.29, 1.82) is 0 Å². The summed E-state index contributed by atoms with van der Waals surface area (Å²) in [5.74, 6) is 2.06. The van der Waals surface area contributed by atoms with Crippen LogP contribution in [0.4, 0.5) is 5.82 Å². The fraction of sp³-hybridized carbons (Fsp3) is 0.633. The van der Waals surface area contributed by atoms with Gasteiger partial charge in [0.05, 0.1) is 17.7 Å². The maximum Gasteiger partial charge on any atom is 0.231 e. The number of likely N-dealkylation sites (tertiary alicyclic amines) is 1. The van der Waals surface area contributed by atoms with Crippen LogP contribution in [0.15, 0.2) is 30.6 Å². The molecule has 0 bridgehead atoms. The van der Waals surface area contributed by atoms with Crippen LogP contribution in [0.3, 0.4) is 0 Å². The number of carbonyl (C=O) groups is 1. The van der Waals surface area contributed by atoms with Gasteiger partial charge in [0.15, 0.2) is 0 Å². The fourth-order valence-corrected chi connectivity index (χ4v) is 7.02. The molecule has 3 fully saturated rings. The number of nitrogens with zero attached hydrogens (tertiary/aromatic N) is 5. The van der Waals surface area contributed by atoms with Crippen molar-refractivity contribution < 1.29 is 9.90 Å². The summed E-state index contributed by atoms with van der Waals surface area (Å²) < 4.78 is 0. The van der Waals surface area contributed by atoms with E-state index in [0.29, 0.717) is 25.6 Å². The molecule has 4 aliphatic rings. The molecule has 1 aromatic heterocycles. The van der Waals surface area contributed by atoms with Crippen molar-refractivity contribution >= 4 is 11.7 Å². The summed E-state index contributed by atoms with van der Waals surface area (Å²) in [5, 5.41) is 10.4. The first kappa shape index (κ1) is 24.8. The Labute approximate surface area is 220 Å². The summed E-state index contributed by atoms with van der Waals surface area (Å²) in [6.07, 6.45) is 6.60. The van der Waals surface area contributed by atoms with Crippen molar-refractivity contribution in [3.63, 3.8) is 0 Å². The number of carbonyl (C=O) groups excluding carboxylic acids is 1. The van der Waals surface area contributed by atoms with Crippen molar-refractivity contribution in [2.75, 3.05) is 37.6 Å². The minimum Gasteiger partial charge on any atom is -0.387 e. The van der Waals surface area contributed by atoms with Crippen LogP contribution in [-0.2, 0) is 4.79 Å². The molecule has 7 heteroatoms. The van der Waals surface area contributed by atoms with Crippen LogP contribution in [0.2, 0.25) is 0 Å². The molecule has 4 atom stereocenters. The van der Waals surface area contributed by atoms with Crippen molar-refractivity contribution in [1.82, 2.24) is 19.8 Å². The Morgan fingerprint density at radius 3 is 2.41 bits per heavy atom. The number of hydrogen-bond acceptors (Lipinski definition) is 6. The molecule has 2 saturated heterocycles. The number of fused-ring (bicyclic) bond motifs is 1. The molecule has 37 heavy (non-hydrogen) atoms. The summed E-state index contributed by atoms with van der Waals surface area (Å²) in [5.41, 5.74) is 4.46. The molecule has 7 nitrogen and oxygen atoms in total. The van der Waals surface area contributed by atoms with E-state index in [2.05, 4.69) is 69.7 Å². The van der Waals surface area contributed by atoms with Gasteiger partial charge in [-0.1, -0.05) is 31.2 Å². The summed E-state index contributed by atoms with van der Waals surface area (Å²) in [6, 6.07) is 9.70. The Balaban J connectivity index is 1.22. The fourth-order valence-electron chi connectivity index (χ4n) is 7.02. The zero-order valence-electron chi connectivity index (χ0n) is 22.5. The van der Waals surface area contributed by atoms with Gasteiger partial charge in [0.2, 0.25) is 5.91 Å². The summed E-state index contributed by atoms with van der Waals surface area (Å²) in [7, 11) is 0. The Kier molecular flexibility index (Phi) is 6.70. The number of amides is 1. The highest BCUT2D eigenvalue weighted by Crippen LogP contribution is 2.43. The number of hydrogen-bond donors (Lipinski definition) is 1. The predicted molar refractivity (Wildman–Crippen MR) is 145 cm³/mol. The van der Waals surface area contributed by atoms with Crippen LogP contribution >= 0.6 is 0 Å². The third-order valence-electron chi connectivity index (χ3n) is 9.17. The molecule has 1 N–H and O–H groups in total. The largest absolute Gasteiger partial charge is 0.387 e. The Morgan fingerprint density at radius 2 is 1.73 bits per heavy atom. The third kappa shape index (κ3) is 4.65. The van der Waals surface area contributed by atoms with Crippen LogP contribution in [-0.4, -0.2) is 75.6 Å². The van der Waals surface area contributed by atoms with Crippen LogP contribution < -0.4 is 4.90 Å². The zero-order valence-corrected chi connectivity index (χ0v) is 22.5. The SMILES string of the molecule is CC(C)N1CCC[C@H]1[C@@H](C(=O)N1CCN(c2ncnc3c2[C@H](C)C[C@H]3O)CC1)c1ccc(C2CC2)cc1. The zero-order chi connectivity index (χ0) is 25.7. The first-order valence-electron chi connectivity index (χ1n) is 14.3. The normalized spacial score (nSPS) is 27.1. The second-order valence-corrected chi connectivity index (χ2v) is 11.9. The van der Waals surface area contributed by atoms with Gasteiger partial charge < -0.3 is 14.9 Å². The molecule has 1 amide bonds. The van der Waals surface area contributed by atoms with Crippen LogP contribution in [0.1, 0.15) is 99.1 Å². The number of aliphatic hydroxyl groups excluding tert-OH is 1. The lowest BCUT2D eigenvalue weighted by atomic mass is 9.87. The average molecular weight is 504 g/mol. The highest BCUT2D eigenvalue weighted by molar-refractivity contribution is 5.85. The van der Waals surface area contributed by atoms with Crippen LogP contribution in [0, 0.1) is 0 Å². The van der Waals surface area contributed by atoms with E-state index in [1.807, 2.05) is 0 Å². The summed E-state index contributed by atoms with van der Waals surface area (Å²) in [4.78, 5) is 30.2. The molecule has 1 aromatic carbocycles. The molecule has 198 valence electrons. The van der Waals surface area contributed by atoms with E-state index in [9.17, 15) is 9.90 Å². The Hall–Kier alpha value is -2.51. The molecule has 3 heterocycles. The Bertz CT molecular complexity index is 1120. The van der Waals surface area contributed by atoms with Gasteiger partial charge in [0.25, 0.3) is 0 Å². The van der Waals surface area contributed by atoms with Crippen LogP contribution in [0.25, 0.3) is 0 Å². The van der Waals surface area contributed by atoms with E-state index in [-0.39, 0.29) is 23.8 Å². The molecular formula is C30H41N5O2. The molecule has 1 saturated carbocycles. The molecule has 0 unspecified atom stereocenters. The van der Waals surface area contributed by atoms with E-state index < -0.39 is 6.10 Å². The number of benzene rings is 1. The molecule has 2 aromatic rings. The minimum absolute atomic E-state index is 0.122. The molecular weight excluding hydrogens is 462 g/mol. The standard InChI is InChI=1S/C30H41N5O2/c1-19(2)35-12-4-5-24(35)27(23-10-8-22(9-11-23)21-6-7-21)30(37)34-15-13-33(14-16-34)29-26-20(3)17-25(36)28(26)31-18-32-29/h8-11,18-21,24-25,27,36H,4-7,12-17H2,1-3H3/t20-,24+,25-,27+/m1/s1. The number of aliphatic hydroxyl groups is 1. The number of piperazine rings is 1. The summed E-state index contributed by atoms with van der Waals surface area (Å²) >= 11 is 0. The average Bonchev–Trinajstić information content (AvgIpc) is 3.57. The first-order valence-corrected chi connectivity index (χ1v) is 14.3. The lowest BCUT2D eigenvalue weighted by molar-refractivity contribution is -0.134. The second kappa shape index (κ2) is 9.99. The molecule has 2 aliphatic heterocycles. The van der Waals surface area contributed by atoms with Crippen molar-refractivity contribution in [2.24, 2.45) is 0 Å². The minimum atomic E-state index is -0.503. The van der Waals surface area contributed by atoms with Gasteiger partial charge in [-0.2, -0.15) is 0 Å². The highest BCUT2D eigenvalue weighted by atomic mass is 16.3. The van der Waals surface area contributed by atoms with E-state index >= 15 is 0 Å². The van der Waals surface area contributed by atoms with Gasteiger partial charge in [-0.3, -0.25) is 9.69 Å². The predicted octanol–water partition coefficient (Wildman–Crippen LogP) is 4.20. The molecule has 0 spiro atoms. The maximum absolute atomic E-state index is 14.2. The van der Waals surface area contributed by atoms with E-state index in [4.69, 9.17) is 0 Å². The topological polar surface area (TPSA) is 72.8 Å². The lowest BCUT2D eigenvalue weighted by Crippen LogP contribution is -2.53.